The smallest absolute Gasteiger partial charge is 0.326 e. The van der Waals surface area contributed by atoms with E-state index in [9.17, 15) is 19.5 Å². The minimum Gasteiger partial charge on any atom is -0.480 e. The normalized spacial score (nSPS) is 21.8. The molecule has 5 rings (SSSR count). The van der Waals surface area contributed by atoms with Gasteiger partial charge in [0.25, 0.3) is 0 Å². The van der Waals surface area contributed by atoms with Crippen molar-refractivity contribution in [2.45, 2.75) is 43.9 Å². The van der Waals surface area contributed by atoms with Crippen LogP contribution in [0.4, 0.5) is 0 Å². The minimum atomic E-state index is -1.02. The van der Waals surface area contributed by atoms with Gasteiger partial charge in [-0.1, -0.05) is 105 Å². The van der Waals surface area contributed by atoms with Gasteiger partial charge in [0, 0.05) is 13.1 Å². The summed E-state index contributed by atoms with van der Waals surface area (Å²) >= 11 is 0. The molecule has 196 valence electrons. The van der Waals surface area contributed by atoms with Crippen molar-refractivity contribution in [1.29, 1.82) is 0 Å². The van der Waals surface area contributed by atoms with Gasteiger partial charge in [0.2, 0.25) is 11.8 Å². The number of hydrogen-bond acceptors (Lipinski definition) is 4. The highest BCUT2D eigenvalue weighted by Gasteiger charge is 2.56. The van der Waals surface area contributed by atoms with Crippen LogP contribution in [0.5, 0.6) is 0 Å². The third kappa shape index (κ3) is 4.47. The van der Waals surface area contributed by atoms with Crippen molar-refractivity contribution in [3.63, 3.8) is 0 Å². The molecular weight excluding hydrogens is 478 g/mol. The number of carboxylic acid groups (broad SMARTS) is 1. The zero-order chi connectivity index (χ0) is 26.9. The van der Waals surface area contributed by atoms with Gasteiger partial charge in [-0.25, -0.2) is 4.79 Å². The molecule has 4 atom stereocenters. The fourth-order valence-electron chi connectivity index (χ4n) is 5.93. The Morgan fingerprint density at radius 1 is 0.868 bits per heavy atom. The van der Waals surface area contributed by atoms with Gasteiger partial charge in [-0.05, 0) is 29.0 Å². The van der Waals surface area contributed by atoms with Crippen LogP contribution < -0.4 is 5.32 Å². The largest absolute Gasteiger partial charge is 0.480 e. The van der Waals surface area contributed by atoms with Crippen LogP contribution in [0.15, 0.2) is 91.0 Å². The van der Waals surface area contributed by atoms with Crippen molar-refractivity contribution in [1.82, 2.24) is 15.1 Å². The average molecular weight is 512 g/mol. The summed E-state index contributed by atoms with van der Waals surface area (Å²) in [5.74, 6) is -1.79. The number of hydrogen-bond donors (Lipinski definition) is 2. The van der Waals surface area contributed by atoms with E-state index < -0.39 is 29.6 Å². The first-order valence-corrected chi connectivity index (χ1v) is 13.1. The van der Waals surface area contributed by atoms with Crippen LogP contribution in [-0.2, 0) is 19.9 Å². The Bertz CT molecular complexity index is 1200. The van der Waals surface area contributed by atoms with Crippen molar-refractivity contribution in [2.24, 2.45) is 5.92 Å². The van der Waals surface area contributed by atoms with E-state index in [1.165, 1.54) is 4.90 Å². The average Bonchev–Trinajstić information content (AvgIpc) is 3.66. The van der Waals surface area contributed by atoms with Crippen LogP contribution in [0, 0.1) is 5.92 Å². The Labute approximate surface area is 223 Å². The van der Waals surface area contributed by atoms with Gasteiger partial charge in [0.15, 0.2) is 0 Å². The third-order valence-electron chi connectivity index (χ3n) is 7.70. The Balaban J connectivity index is 1.44. The minimum absolute atomic E-state index is 0.214. The molecule has 3 aromatic carbocycles. The second-order valence-electron chi connectivity index (χ2n) is 10.4. The molecule has 2 aliphatic heterocycles. The standard InChI is InChI=1S/C31H33N3O4/c1-21(2)27(30(37)38)33-19-18-25(29(33)36)32-28(35)26-20-34(26)31(22-12-6-3-7-13-22,23-14-8-4-9-15-23)24-16-10-5-11-17-24/h3-17,21,25-27H,18-20H2,1-2H3,(H,32,35)(H,37,38)/t25-,26+,27+,34?/m1/s1. The lowest BCUT2D eigenvalue weighted by molar-refractivity contribution is -0.150. The molecule has 0 radical (unpaired) electrons. The number of carbonyl (C=O) groups is 3. The molecule has 2 heterocycles. The molecule has 2 aliphatic rings. The van der Waals surface area contributed by atoms with E-state index in [0.717, 1.165) is 16.7 Å². The summed E-state index contributed by atoms with van der Waals surface area (Å²) in [6.07, 6.45) is 0.398. The van der Waals surface area contributed by atoms with Crippen molar-refractivity contribution >= 4 is 17.8 Å². The molecule has 7 heteroatoms. The third-order valence-corrected chi connectivity index (χ3v) is 7.70. The van der Waals surface area contributed by atoms with E-state index in [1.807, 2.05) is 54.6 Å². The monoisotopic (exact) mass is 511 g/mol. The van der Waals surface area contributed by atoms with Gasteiger partial charge >= 0.3 is 5.97 Å². The zero-order valence-corrected chi connectivity index (χ0v) is 21.7. The molecule has 38 heavy (non-hydrogen) atoms. The fraction of sp³-hybridized carbons (Fsp3) is 0.323. The van der Waals surface area contributed by atoms with E-state index in [-0.39, 0.29) is 17.7 Å². The molecular formula is C31H33N3O4. The molecule has 0 bridgehead atoms. The predicted molar refractivity (Wildman–Crippen MR) is 144 cm³/mol. The number of carbonyl (C=O) groups excluding carboxylic acids is 2. The molecule has 0 spiro atoms. The van der Waals surface area contributed by atoms with Crippen LogP contribution in [0.2, 0.25) is 0 Å². The number of amides is 2. The topological polar surface area (TPSA) is 89.7 Å². The Kier molecular flexibility index (Phi) is 7.04. The molecule has 0 saturated carbocycles. The summed E-state index contributed by atoms with van der Waals surface area (Å²) in [5.41, 5.74) is 2.47. The number of rotatable bonds is 9. The maximum absolute atomic E-state index is 13.6. The van der Waals surface area contributed by atoms with Crippen molar-refractivity contribution < 1.29 is 19.5 Å². The first-order chi connectivity index (χ1) is 18.4. The first kappa shape index (κ1) is 25.7. The highest BCUT2D eigenvalue weighted by Crippen LogP contribution is 2.48. The number of likely N-dealkylation sites (tertiary alicyclic amines) is 1. The molecule has 2 amide bonds. The summed E-state index contributed by atoms with van der Waals surface area (Å²) in [4.78, 5) is 42.0. The van der Waals surface area contributed by atoms with E-state index in [0.29, 0.717) is 19.5 Å². The summed E-state index contributed by atoms with van der Waals surface area (Å²) < 4.78 is 0. The fourth-order valence-corrected chi connectivity index (χ4v) is 5.93. The van der Waals surface area contributed by atoms with Crippen LogP contribution >= 0.6 is 0 Å². The maximum Gasteiger partial charge on any atom is 0.326 e. The number of nitrogens with zero attached hydrogens (tertiary/aromatic N) is 2. The number of nitrogens with one attached hydrogen (secondary N) is 1. The van der Waals surface area contributed by atoms with E-state index in [1.54, 1.807) is 13.8 Å². The Morgan fingerprint density at radius 3 is 1.76 bits per heavy atom. The highest BCUT2D eigenvalue weighted by molar-refractivity contribution is 5.94. The van der Waals surface area contributed by atoms with Gasteiger partial charge < -0.3 is 15.3 Å². The number of aliphatic carboxylic acids is 1. The highest BCUT2D eigenvalue weighted by atomic mass is 16.4. The lowest BCUT2D eigenvalue weighted by Gasteiger charge is -2.38. The van der Waals surface area contributed by atoms with Crippen molar-refractivity contribution in [2.75, 3.05) is 13.1 Å². The Morgan fingerprint density at radius 2 is 1.34 bits per heavy atom. The summed E-state index contributed by atoms with van der Waals surface area (Å²) in [6, 6.07) is 28.5. The maximum atomic E-state index is 13.6. The lowest BCUT2D eigenvalue weighted by Crippen LogP contribution is -2.50. The van der Waals surface area contributed by atoms with Crippen molar-refractivity contribution in [3.8, 4) is 0 Å². The molecule has 0 aliphatic carbocycles. The molecule has 7 nitrogen and oxygen atoms in total. The lowest BCUT2D eigenvalue weighted by atomic mass is 9.76. The van der Waals surface area contributed by atoms with Crippen molar-refractivity contribution in [3.05, 3.63) is 108 Å². The number of carboxylic acids is 1. The molecule has 0 aromatic heterocycles. The van der Waals surface area contributed by atoms with Gasteiger partial charge in [0.05, 0.1) is 5.54 Å². The molecule has 2 fully saturated rings. The summed E-state index contributed by atoms with van der Waals surface area (Å²) in [5, 5.41) is 12.6. The quantitative estimate of drug-likeness (QED) is 0.339. The van der Waals surface area contributed by atoms with Gasteiger partial charge in [-0.3, -0.25) is 14.5 Å². The first-order valence-electron chi connectivity index (χ1n) is 13.1. The van der Waals surface area contributed by atoms with E-state index >= 15 is 0 Å². The Hall–Kier alpha value is -3.97. The predicted octanol–water partition coefficient (Wildman–Crippen LogP) is 3.49. The molecule has 3 aromatic rings. The van der Waals surface area contributed by atoms with E-state index in [4.69, 9.17) is 0 Å². The zero-order valence-electron chi connectivity index (χ0n) is 21.7. The second kappa shape index (κ2) is 10.4. The summed E-state index contributed by atoms with van der Waals surface area (Å²) in [7, 11) is 0. The van der Waals surface area contributed by atoms with Gasteiger partial charge in [-0.15, -0.1) is 0 Å². The van der Waals surface area contributed by atoms with Crippen LogP contribution in [-0.4, -0.2) is 63.9 Å². The van der Waals surface area contributed by atoms with Crippen LogP contribution in [0.1, 0.15) is 37.0 Å². The molecule has 1 unspecified atom stereocenters. The summed E-state index contributed by atoms with van der Waals surface area (Å²) in [6.45, 7) is 4.42. The molecule has 2 saturated heterocycles. The second-order valence-corrected chi connectivity index (χ2v) is 10.4. The molecule has 2 N–H and O–H groups in total. The SMILES string of the molecule is CC(C)[C@@H](C(=O)O)N1CC[C@@H](NC(=O)[C@@H]2CN2C(c2ccccc2)(c2ccccc2)c2ccccc2)C1=O. The van der Waals surface area contributed by atoms with Crippen LogP contribution in [0.25, 0.3) is 0 Å². The van der Waals surface area contributed by atoms with E-state index in [2.05, 4.69) is 46.6 Å². The van der Waals surface area contributed by atoms with Gasteiger partial charge in [-0.2, -0.15) is 0 Å². The number of benzene rings is 3. The van der Waals surface area contributed by atoms with Gasteiger partial charge in [0.1, 0.15) is 18.1 Å². The van der Waals surface area contributed by atoms with Crippen LogP contribution in [0.3, 0.4) is 0 Å².